The van der Waals surface area contributed by atoms with Crippen LogP contribution < -0.4 is 5.32 Å². The van der Waals surface area contributed by atoms with Crippen molar-refractivity contribution < 1.29 is 0 Å². The van der Waals surface area contributed by atoms with Crippen LogP contribution in [0, 0.1) is 0 Å². The Kier molecular flexibility index (Phi) is 3.69. The average Bonchev–Trinajstić information content (AvgIpc) is 2.85. The van der Waals surface area contributed by atoms with Gasteiger partial charge in [0.2, 0.25) is 0 Å². The van der Waals surface area contributed by atoms with Crippen molar-refractivity contribution in [2.24, 2.45) is 0 Å². The third-order valence-corrected chi connectivity index (χ3v) is 4.75. The predicted octanol–water partition coefficient (Wildman–Crippen LogP) is 1.30. The first-order valence-electron chi connectivity index (χ1n) is 7.54. The fourth-order valence-electron chi connectivity index (χ4n) is 3.33. The first kappa shape index (κ1) is 11.9. The second-order valence-electron chi connectivity index (χ2n) is 6.21. The zero-order chi connectivity index (χ0) is 11.7. The molecule has 3 heteroatoms. The molecule has 1 saturated carbocycles. The second-order valence-corrected chi connectivity index (χ2v) is 6.21. The van der Waals surface area contributed by atoms with E-state index in [0.717, 1.165) is 18.1 Å². The summed E-state index contributed by atoms with van der Waals surface area (Å²) in [5.74, 6) is 0. The first-order chi connectivity index (χ1) is 8.33. The maximum atomic E-state index is 3.66. The molecule has 1 N–H and O–H groups in total. The quantitative estimate of drug-likeness (QED) is 0.777. The number of rotatable bonds is 5. The van der Waals surface area contributed by atoms with Gasteiger partial charge in [0.05, 0.1) is 0 Å². The minimum Gasteiger partial charge on any atom is -0.312 e. The lowest BCUT2D eigenvalue weighted by Crippen LogP contribution is -2.42. The summed E-state index contributed by atoms with van der Waals surface area (Å²) in [5, 5.41) is 3.66. The van der Waals surface area contributed by atoms with Gasteiger partial charge in [-0.05, 0) is 52.1 Å². The Bertz CT molecular complexity index is 246. The molecule has 2 unspecified atom stereocenters. The third kappa shape index (κ3) is 3.01. The van der Waals surface area contributed by atoms with Crippen LogP contribution in [-0.2, 0) is 0 Å². The van der Waals surface area contributed by atoms with Crippen molar-refractivity contribution in [3.63, 3.8) is 0 Å². The highest BCUT2D eigenvalue weighted by Gasteiger charge is 2.31. The van der Waals surface area contributed by atoms with Crippen LogP contribution in [0.5, 0.6) is 0 Å². The van der Waals surface area contributed by atoms with Gasteiger partial charge in [-0.3, -0.25) is 9.80 Å². The van der Waals surface area contributed by atoms with Gasteiger partial charge < -0.3 is 5.32 Å². The number of nitrogens with one attached hydrogen (secondary N) is 1. The van der Waals surface area contributed by atoms with E-state index >= 15 is 0 Å². The monoisotopic (exact) mass is 237 g/mol. The summed E-state index contributed by atoms with van der Waals surface area (Å²) >= 11 is 0. The van der Waals surface area contributed by atoms with Crippen molar-refractivity contribution in [2.45, 2.75) is 57.2 Å². The van der Waals surface area contributed by atoms with Crippen LogP contribution in [0.4, 0.5) is 0 Å². The van der Waals surface area contributed by atoms with Crippen molar-refractivity contribution in [3.8, 4) is 0 Å². The average molecular weight is 237 g/mol. The Hall–Kier alpha value is -0.120. The van der Waals surface area contributed by atoms with Gasteiger partial charge in [0.15, 0.2) is 0 Å². The van der Waals surface area contributed by atoms with Crippen LogP contribution in [0.25, 0.3) is 0 Å². The lowest BCUT2D eigenvalue weighted by molar-refractivity contribution is 0.204. The van der Waals surface area contributed by atoms with E-state index in [2.05, 4.69) is 22.0 Å². The van der Waals surface area contributed by atoms with Gasteiger partial charge >= 0.3 is 0 Å². The molecule has 2 heterocycles. The molecule has 0 radical (unpaired) electrons. The molecule has 0 aromatic carbocycles. The van der Waals surface area contributed by atoms with Gasteiger partial charge in [0, 0.05) is 37.8 Å². The molecule has 3 fully saturated rings. The molecule has 3 aliphatic rings. The molecule has 98 valence electrons. The fourth-order valence-corrected chi connectivity index (χ4v) is 3.33. The summed E-state index contributed by atoms with van der Waals surface area (Å²) in [6.07, 6.45) is 7.06. The summed E-state index contributed by atoms with van der Waals surface area (Å²) in [7, 11) is 0. The lowest BCUT2D eigenvalue weighted by atomic mass is 10.2. The Morgan fingerprint density at radius 2 is 1.88 bits per heavy atom. The second kappa shape index (κ2) is 5.25. The van der Waals surface area contributed by atoms with E-state index in [-0.39, 0.29) is 0 Å². The summed E-state index contributed by atoms with van der Waals surface area (Å²) in [4.78, 5) is 5.42. The molecule has 17 heavy (non-hydrogen) atoms. The van der Waals surface area contributed by atoms with Gasteiger partial charge in [-0.25, -0.2) is 0 Å². The highest BCUT2D eigenvalue weighted by molar-refractivity contribution is 4.89. The van der Waals surface area contributed by atoms with Crippen LogP contribution >= 0.6 is 0 Å². The fraction of sp³-hybridized carbons (Fsp3) is 1.00. The van der Waals surface area contributed by atoms with Crippen LogP contribution in [0.2, 0.25) is 0 Å². The van der Waals surface area contributed by atoms with Gasteiger partial charge in [-0.2, -0.15) is 0 Å². The van der Waals surface area contributed by atoms with Crippen molar-refractivity contribution >= 4 is 0 Å². The van der Waals surface area contributed by atoms with Crippen molar-refractivity contribution in [1.29, 1.82) is 0 Å². The summed E-state index contributed by atoms with van der Waals surface area (Å²) in [5.41, 5.74) is 0. The molecule has 3 nitrogen and oxygen atoms in total. The summed E-state index contributed by atoms with van der Waals surface area (Å²) in [6, 6.07) is 2.44. The van der Waals surface area contributed by atoms with Crippen molar-refractivity contribution in [2.75, 3.05) is 32.7 Å². The molecule has 0 spiro atoms. The van der Waals surface area contributed by atoms with E-state index in [1.165, 1.54) is 64.8 Å². The van der Waals surface area contributed by atoms with E-state index in [9.17, 15) is 0 Å². The number of hydrogen-bond acceptors (Lipinski definition) is 3. The first-order valence-corrected chi connectivity index (χ1v) is 7.54. The summed E-state index contributed by atoms with van der Waals surface area (Å²) < 4.78 is 0. The molecule has 0 aromatic rings. The van der Waals surface area contributed by atoms with Crippen LogP contribution in [0.3, 0.4) is 0 Å². The molecule has 3 rings (SSSR count). The van der Waals surface area contributed by atoms with Gasteiger partial charge in [0.1, 0.15) is 0 Å². The highest BCUT2D eigenvalue weighted by atomic mass is 15.3. The van der Waals surface area contributed by atoms with E-state index in [1.807, 2.05) is 0 Å². The van der Waals surface area contributed by atoms with Crippen LogP contribution in [0.1, 0.15) is 39.0 Å². The number of likely N-dealkylation sites (tertiary alicyclic amines) is 2. The Morgan fingerprint density at radius 1 is 1.12 bits per heavy atom. The number of hydrogen-bond donors (Lipinski definition) is 1. The van der Waals surface area contributed by atoms with E-state index in [4.69, 9.17) is 0 Å². The third-order valence-electron chi connectivity index (χ3n) is 4.75. The normalized spacial score (nSPS) is 33.4. The van der Waals surface area contributed by atoms with E-state index < -0.39 is 0 Å². The molecule has 0 amide bonds. The largest absolute Gasteiger partial charge is 0.312 e. The van der Waals surface area contributed by atoms with Crippen LogP contribution in [-0.4, -0.2) is 60.6 Å². The Labute approximate surface area is 106 Å². The standard InChI is InChI=1S/C14H27N3/c1-12(10-15-13-4-5-13)17-9-6-14(11-17)16-7-2-3-8-16/h12-15H,2-11H2,1H3. The predicted molar refractivity (Wildman–Crippen MR) is 71.3 cm³/mol. The molecule has 0 aromatic heterocycles. The molecular weight excluding hydrogens is 210 g/mol. The number of nitrogens with zero attached hydrogens (tertiary/aromatic N) is 2. The smallest absolute Gasteiger partial charge is 0.0235 e. The SMILES string of the molecule is CC(CNC1CC1)N1CCC(N2CCCC2)C1. The lowest BCUT2D eigenvalue weighted by Gasteiger charge is -2.27. The maximum Gasteiger partial charge on any atom is 0.0235 e. The zero-order valence-corrected chi connectivity index (χ0v) is 11.2. The maximum absolute atomic E-state index is 3.66. The Morgan fingerprint density at radius 3 is 2.59 bits per heavy atom. The highest BCUT2D eigenvalue weighted by Crippen LogP contribution is 2.22. The molecular formula is C14H27N3. The molecule has 2 aliphatic heterocycles. The summed E-state index contributed by atoms with van der Waals surface area (Å²) in [6.45, 7) is 8.92. The van der Waals surface area contributed by atoms with Crippen molar-refractivity contribution in [3.05, 3.63) is 0 Å². The van der Waals surface area contributed by atoms with Crippen LogP contribution in [0.15, 0.2) is 0 Å². The van der Waals surface area contributed by atoms with Crippen molar-refractivity contribution in [1.82, 2.24) is 15.1 Å². The van der Waals surface area contributed by atoms with E-state index in [0.29, 0.717) is 0 Å². The van der Waals surface area contributed by atoms with Gasteiger partial charge in [-0.1, -0.05) is 0 Å². The minimum atomic E-state index is 0.725. The molecule has 1 aliphatic carbocycles. The van der Waals surface area contributed by atoms with Gasteiger partial charge in [0.25, 0.3) is 0 Å². The zero-order valence-electron chi connectivity index (χ0n) is 11.2. The topological polar surface area (TPSA) is 18.5 Å². The van der Waals surface area contributed by atoms with Gasteiger partial charge in [-0.15, -0.1) is 0 Å². The molecule has 0 bridgehead atoms. The molecule has 2 saturated heterocycles. The minimum absolute atomic E-state index is 0.725. The van der Waals surface area contributed by atoms with E-state index in [1.54, 1.807) is 0 Å². The molecule has 2 atom stereocenters. The Balaban J connectivity index is 1.42.